The van der Waals surface area contributed by atoms with Gasteiger partial charge in [0.15, 0.2) is 0 Å². The first kappa shape index (κ1) is 15.5. The number of hydrogen-bond acceptors (Lipinski definition) is 3. The number of halogens is 3. The Bertz CT molecular complexity index is 429. The Balaban J connectivity index is 2.87. The summed E-state index contributed by atoms with van der Waals surface area (Å²) in [5, 5.41) is 16.2. The van der Waals surface area contributed by atoms with E-state index in [0.717, 1.165) is 0 Å². The van der Waals surface area contributed by atoms with Crippen molar-refractivity contribution in [3.63, 3.8) is 0 Å². The van der Waals surface area contributed by atoms with Gasteiger partial charge in [0, 0.05) is 6.42 Å². The maximum absolute atomic E-state index is 12.2. The third-order valence-corrected chi connectivity index (χ3v) is 2.59. The number of carbonyl (C=O) groups is 1. The molecule has 0 fully saturated rings. The van der Waals surface area contributed by atoms with Gasteiger partial charge in [-0.25, -0.2) is 4.79 Å². The van der Waals surface area contributed by atoms with Crippen molar-refractivity contribution in [2.45, 2.75) is 45.3 Å². The lowest BCUT2D eigenvalue weighted by molar-refractivity contribution is -0.141. The number of nitrogens with zero attached hydrogens (tertiary/aromatic N) is 3. The Kier molecular flexibility index (Phi) is 4.90. The van der Waals surface area contributed by atoms with Gasteiger partial charge in [-0.2, -0.15) is 13.2 Å². The first-order valence-corrected chi connectivity index (χ1v) is 5.88. The number of aliphatic carboxylic acids is 1. The van der Waals surface area contributed by atoms with E-state index in [-0.39, 0.29) is 18.2 Å². The van der Waals surface area contributed by atoms with Crippen molar-refractivity contribution in [2.75, 3.05) is 0 Å². The smallest absolute Gasteiger partial charge is 0.389 e. The molecule has 5 nitrogen and oxygen atoms in total. The van der Waals surface area contributed by atoms with E-state index < -0.39 is 24.6 Å². The number of carboxylic acids is 1. The second-order valence-electron chi connectivity index (χ2n) is 4.75. The lowest BCUT2D eigenvalue weighted by Crippen LogP contribution is -2.23. The molecular formula is C11H16F3N3O2. The van der Waals surface area contributed by atoms with Crippen molar-refractivity contribution >= 4 is 5.97 Å². The van der Waals surface area contributed by atoms with Gasteiger partial charge in [-0.05, 0) is 12.3 Å². The number of rotatable bonds is 6. The van der Waals surface area contributed by atoms with E-state index in [0.29, 0.717) is 6.42 Å². The number of aromatic nitrogens is 3. The van der Waals surface area contributed by atoms with Crippen LogP contribution in [0.2, 0.25) is 0 Å². The second-order valence-corrected chi connectivity index (χ2v) is 4.75. The zero-order chi connectivity index (χ0) is 14.6. The highest BCUT2D eigenvalue weighted by Gasteiger charge is 2.29. The summed E-state index contributed by atoms with van der Waals surface area (Å²) in [6.45, 7) is 3.69. The fourth-order valence-corrected chi connectivity index (χ4v) is 1.74. The molecule has 0 amide bonds. The number of alkyl halides is 3. The first-order chi connectivity index (χ1) is 8.70. The summed E-state index contributed by atoms with van der Waals surface area (Å²) in [6, 6.07) is -0.932. The molecule has 1 unspecified atom stereocenters. The SMILES string of the molecule is CC(C)CC(C(=O)O)n1cnnc1CCC(F)(F)F. The van der Waals surface area contributed by atoms with Gasteiger partial charge in [-0.1, -0.05) is 13.8 Å². The van der Waals surface area contributed by atoms with Crippen LogP contribution in [0.4, 0.5) is 13.2 Å². The van der Waals surface area contributed by atoms with Crippen LogP contribution < -0.4 is 0 Å². The molecule has 8 heteroatoms. The molecule has 1 N–H and O–H groups in total. The lowest BCUT2D eigenvalue weighted by atomic mass is 10.0. The molecule has 1 aromatic heterocycles. The molecule has 0 aliphatic heterocycles. The van der Waals surface area contributed by atoms with Gasteiger partial charge in [-0.3, -0.25) is 0 Å². The zero-order valence-electron chi connectivity index (χ0n) is 10.7. The van der Waals surface area contributed by atoms with Crippen molar-refractivity contribution < 1.29 is 23.1 Å². The van der Waals surface area contributed by atoms with Crippen LogP contribution in [0.3, 0.4) is 0 Å². The summed E-state index contributed by atoms with van der Waals surface area (Å²) in [7, 11) is 0. The topological polar surface area (TPSA) is 68.0 Å². The normalized spacial score (nSPS) is 13.8. The first-order valence-electron chi connectivity index (χ1n) is 5.88. The third kappa shape index (κ3) is 4.88. The average Bonchev–Trinajstić information content (AvgIpc) is 2.69. The third-order valence-electron chi connectivity index (χ3n) is 2.59. The van der Waals surface area contributed by atoms with Crippen LogP contribution >= 0.6 is 0 Å². The van der Waals surface area contributed by atoms with Crippen LogP contribution in [-0.4, -0.2) is 32.0 Å². The summed E-state index contributed by atoms with van der Waals surface area (Å²) in [6.07, 6.45) is -4.22. The maximum atomic E-state index is 12.2. The summed E-state index contributed by atoms with van der Waals surface area (Å²) in [5.41, 5.74) is 0. The molecule has 0 aliphatic carbocycles. The number of aryl methyl sites for hydroxylation is 1. The Morgan fingerprint density at radius 3 is 2.58 bits per heavy atom. The zero-order valence-corrected chi connectivity index (χ0v) is 10.7. The molecular weight excluding hydrogens is 263 g/mol. The average molecular weight is 279 g/mol. The van der Waals surface area contributed by atoms with Crippen molar-refractivity contribution in [3.05, 3.63) is 12.2 Å². The predicted molar refractivity (Wildman–Crippen MR) is 60.5 cm³/mol. The Hall–Kier alpha value is -1.60. The van der Waals surface area contributed by atoms with Crippen LogP contribution in [0, 0.1) is 5.92 Å². The molecule has 1 aromatic rings. The van der Waals surface area contributed by atoms with Gasteiger partial charge >= 0.3 is 12.1 Å². The maximum Gasteiger partial charge on any atom is 0.389 e. The van der Waals surface area contributed by atoms with Gasteiger partial charge in [0.25, 0.3) is 0 Å². The van der Waals surface area contributed by atoms with Gasteiger partial charge in [-0.15, -0.1) is 10.2 Å². The summed E-state index contributed by atoms with van der Waals surface area (Å²) >= 11 is 0. The monoisotopic (exact) mass is 279 g/mol. The molecule has 1 heterocycles. The van der Waals surface area contributed by atoms with Gasteiger partial charge in [0.2, 0.25) is 0 Å². The van der Waals surface area contributed by atoms with E-state index in [1.165, 1.54) is 10.9 Å². The fraction of sp³-hybridized carbons (Fsp3) is 0.727. The standard InChI is InChI=1S/C11H16F3N3O2/c1-7(2)5-8(10(18)19)17-6-15-16-9(17)3-4-11(12,13)14/h6-8H,3-5H2,1-2H3,(H,18,19). The highest BCUT2D eigenvalue weighted by Crippen LogP contribution is 2.24. The van der Waals surface area contributed by atoms with E-state index in [4.69, 9.17) is 5.11 Å². The summed E-state index contributed by atoms with van der Waals surface area (Å²) < 4.78 is 37.7. The van der Waals surface area contributed by atoms with Gasteiger partial charge in [0.05, 0.1) is 6.42 Å². The molecule has 0 aromatic carbocycles. The van der Waals surface area contributed by atoms with Crippen molar-refractivity contribution in [3.8, 4) is 0 Å². The summed E-state index contributed by atoms with van der Waals surface area (Å²) in [5.74, 6) is -0.953. The molecule has 19 heavy (non-hydrogen) atoms. The van der Waals surface area contributed by atoms with E-state index >= 15 is 0 Å². The van der Waals surface area contributed by atoms with Gasteiger partial charge in [0.1, 0.15) is 18.2 Å². The minimum absolute atomic E-state index is 0.0466. The van der Waals surface area contributed by atoms with Crippen molar-refractivity contribution in [1.29, 1.82) is 0 Å². The Morgan fingerprint density at radius 2 is 2.11 bits per heavy atom. The highest BCUT2D eigenvalue weighted by atomic mass is 19.4. The van der Waals surface area contributed by atoms with Crippen LogP contribution in [0.5, 0.6) is 0 Å². The fourth-order valence-electron chi connectivity index (χ4n) is 1.74. The van der Waals surface area contributed by atoms with Crippen LogP contribution in [0.1, 0.15) is 38.6 Å². The molecule has 0 saturated heterocycles. The van der Waals surface area contributed by atoms with Crippen LogP contribution in [0.25, 0.3) is 0 Å². The number of carboxylic acid groups (broad SMARTS) is 1. The Labute approximate surface area is 108 Å². The molecule has 0 aliphatic rings. The second kappa shape index (κ2) is 6.03. The molecule has 0 saturated carbocycles. The van der Waals surface area contributed by atoms with Gasteiger partial charge < -0.3 is 9.67 Å². The molecule has 1 atom stereocenters. The largest absolute Gasteiger partial charge is 0.480 e. The molecule has 0 radical (unpaired) electrons. The van der Waals surface area contributed by atoms with E-state index in [1.54, 1.807) is 0 Å². The number of hydrogen-bond donors (Lipinski definition) is 1. The minimum atomic E-state index is -4.30. The van der Waals surface area contributed by atoms with Crippen molar-refractivity contribution in [1.82, 2.24) is 14.8 Å². The minimum Gasteiger partial charge on any atom is -0.480 e. The van der Waals surface area contributed by atoms with E-state index in [1.807, 2.05) is 13.8 Å². The molecule has 1 rings (SSSR count). The van der Waals surface area contributed by atoms with E-state index in [2.05, 4.69) is 10.2 Å². The molecule has 108 valence electrons. The van der Waals surface area contributed by atoms with Crippen LogP contribution in [0.15, 0.2) is 6.33 Å². The van der Waals surface area contributed by atoms with Crippen molar-refractivity contribution in [2.24, 2.45) is 5.92 Å². The predicted octanol–water partition coefficient (Wildman–Crippen LogP) is 2.44. The highest BCUT2D eigenvalue weighted by molar-refractivity contribution is 5.71. The summed E-state index contributed by atoms with van der Waals surface area (Å²) in [4.78, 5) is 11.2. The Morgan fingerprint density at radius 1 is 1.47 bits per heavy atom. The molecule has 0 bridgehead atoms. The van der Waals surface area contributed by atoms with E-state index in [9.17, 15) is 18.0 Å². The van der Waals surface area contributed by atoms with Crippen LogP contribution in [-0.2, 0) is 11.2 Å². The molecule has 0 spiro atoms. The lowest BCUT2D eigenvalue weighted by Gasteiger charge is -2.18. The quantitative estimate of drug-likeness (QED) is 0.868.